The Hall–Kier alpha value is -0.910. The molecule has 0 aromatic heterocycles. The molecule has 0 fully saturated rings. The molecule has 0 rings (SSSR count). The second kappa shape index (κ2) is 35.2. The predicted octanol–water partition coefficient (Wildman–Crippen LogP) is 4.81. The Morgan fingerprint density at radius 2 is 1.65 bits per heavy atom. The van der Waals surface area contributed by atoms with Crippen LogP contribution in [0.4, 0.5) is 0 Å². The minimum atomic E-state index is 0.838. The highest BCUT2D eigenvalue weighted by atomic mass is 16.6. The van der Waals surface area contributed by atoms with E-state index >= 15 is 0 Å². The van der Waals surface area contributed by atoms with Gasteiger partial charge in [0.15, 0.2) is 0 Å². The Labute approximate surface area is 165 Å². The lowest BCUT2D eigenvalue weighted by Crippen LogP contribution is -2.14. The minimum absolute atomic E-state index is 0.838. The first kappa shape index (κ1) is 32.7. The van der Waals surface area contributed by atoms with Crippen LogP contribution >= 0.6 is 0 Å². The summed E-state index contributed by atoms with van der Waals surface area (Å²) in [4.78, 5) is 8.71. The number of nitrogens with one attached hydrogen (secondary N) is 3. The van der Waals surface area contributed by atoms with Crippen LogP contribution in [0.3, 0.4) is 0 Å². The SMILES string of the molecule is C/C=C\ONC.CCC(C)CNC.CCCCNC.CCCN=C(C)C. The molecule has 0 aromatic rings. The van der Waals surface area contributed by atoms with Crippen LogP contribution in [0.1, 0.15) is 74.1 Å². The van der Waals surface area contributed by atoms with Crippen LogP contribution in [0.25, 0.3) is 0 Å². The van der Waals surface area contributed by atoms with E-state index in [4.69, 9.17) is 0 Å². The number of nitrogens with zero attached hydrogens (tertiary/aromatic N) is 1. The second-order valence-corrected chi connectivity index (χ2v) is 6.15. The van der Waals surface area contributed by atoms with E-state index in [-0.39, 0.29) is 0 Å². The van der Waals surface area contributed by atoms with E-state index in [9.17, 15) is 0 Å². The van der Waals surface area contributed by atoms with Gasteiger partial charge in [-0.25, -0.2) is 0 Å². The molecule has 0 saturated carbocycles. The van der Waals surface area contributed by atoms with Gasteiger partial charge in [0.25, 0.3) is 0 Å². The lowest BCUT2D eigenvalue weighted by Gasteiger charge is -2.04. The molecule has 0 aromatic carbocycles. The van der Waals surface area contributed by atoms with Gasteiger partial charge in [0.1, 0.15) is 6.26 Å². The summed E-state index contributed by atoms with van der Waals surface area (Å²) in [5.41, 5.74) is 3.66. The lowest BCUT2D eigenvalue weighted by molar-refractivity contribution is 0.158. The van der Waals surface area contributed by atoms with E-state index in [0.717, 1.165) is 32.0 Å². The summed E-state index contributed by atoms with van der Waals surface area (Å²) in [6.07, 6.45) is 8.40. The fourth-order valence-electron chi connectivity index (χ4n) is 1.32. The Balaban J connectivity index is -0.000000124. The number of aliphatic imine (C=N–C) groups is 1. The van der Waals surface area contributed by atoms with Crippen molar-refractivity contribution < 1.29 is 4.84 Å². The van der Waals surface area contributed by atoms with Gasteiger partial charge >= 0.3 is 0 Å². The molecule has 0 aliphatic carbocycles. The highest BCUT2D eigenvalue weighted by Crippen LogP contribution is 1.95. The van der Waals surface area contributed by atoms with Gasteiger partial charge in [-0.3, -0.25) is 4.99 Å². The molecular formula is C21H50N4O. The summed E-state index contributed by atoms with van der Waals surface area (Å²) >= 11 is 0. The van der Waals surface area contributed by atoms with Crippen LogP contribution in [0.15, 0.2) is 17.3 Å². The normalized spacial score (nSPS) is 10.4. The number of allylic oxidation sites excluding steroid dienone is 1. The molecule has 0 amide bonds. The molecular weight excluding hydrogens is 324 g/mol. The highest BCUT2D eigenvalue weighted by molar-refractivity contribution is 5.78. The first-order chi connectivity index (χ1) is 12.4. The number of hydrogen-bond donors (Lipinski definition) is 3. The molecule has 5 heteroatoms. The lowest BCUT2D eigenvalue weighted by atomic mass is 10.1. The summed E-state index contributed by atoms with van der Waals surface area (Å²) in [7, 11) is 5.68. The van der Waals surface area contributed by atoms with Crippen LogP contribution in [0.2, 0.25) is 0 Å². The number of hydroxylamine groups is 1. The van der Waals surface area contributed by atoms with Gasteiger partial charge in [0, 0.05) is 19.3 Å². The van der Waals surface area contributed by atoms with Gasteiger partial charge in [-0.05, 0) is 66.7 Å². The maximum Gasteiger partial charge on any atom is 0.107 e. The van der Waals surface area contributed by atoms with Crippen molar-refractivity contribution in [2.24, 2.45) is 10.9 Å². The zero-order chi connectivity index (χ0) is 21.1. The van der Waals surface area contributed by atoms with Gasteiger partial charge < -0.3 is 15.5 Å². The summed E-state index contributed by atoms with van der Waals surface area (Å²) in [5, 5.41) is 6.19. The zero-order valence-corrected chi connectivity index (χ0v) is 19.5. The topological polar surface area (TPSA) is 57.7 Å². The van der Waals surface area contributed by atoms with Crippen molar-refractivity contribution in [3.63, 3.8) is 0 Å². The average Bonchev–Trinajstić information content (AvgIpc) is 2.64. The maximum atomic E-state index is 4.55. The van der Waals surface area contributed by atoms with Gasteiger partial charge in [0.2, 0.25) is 0 Å². The monoisotopic (exact) mass is 374 g/mol. The molecule has 1 atom stereocenters. The summed E-state index contributed by atoms with van der Waals surface area (Å²) in [6.45, 7) is 18.0. The summed E-state index contributed by atoms with van der Waals surface area (Å²) in [5.74, 6) is 0.838. The van der Waals surface area contributed by atoms with Crippen LogP contribution in [-0.4, -0.2) is 46.5 Å². The summed E-state index contributed by atoms with van der Waals surface area (Å²) < 4.78 is 0. The third-order valence-electron chi connectivity index (χ3n) is 3.00. The van der Waals surface area contributed by atoms with Crippen LogP contribution < -0.4 is 16.1 Å². The quantitative estimate of drug-likeness (QED) is 0.222. The van der Waals surface area contributed by atoms with E-state index in [0.29, 0.717) is 0 Å². The van der Waals surface area contributed by atoms with Crippen molar-refractivity contribution in [1.29, 1.82) is 0 Å². The van der Waals surface area contributed by atoms with E-state index in [1.165, 1.54) is 25.0 Å². The zero-order valence-electron chi connectivity index (χ0n) is 19.5. The smallest absolute Gasteiger partial charge is 0.107 e. The molecule has 26 heavy (non-hydrogen) atoms. The van der Waals surface area contributed by atoms with Crippen LogP contribution in [-0.2, 0) is 4.84 Å². The Morgan fingerprint density at radius 1 is 1.04 bits per heavy atom. The fourth-order valence-corrected chi connectivity index (χ4v) is 1.32. The van der Waals surface area contributed by atoms with Crippen LogP contribution in [0.5, 0.6) is 0 Å². The molecule has 0 aliphatic heterocycles. The van der Waals surface area contributed by atoms with E-state index in [1.54, 1.807) is 19.4 Å². The predicted molar refractivity (Wildman–Crippen MR) is 121 cm³/mol. The minimum Gasteiger partial charge on any atom is -0.417 e. The molecule has 0 bridgehead atoms. The fraction of sp³-hybridized carbons (Fsp3) is 0.857. The largest absolute Gasteiger partial charge is 0.417 e. The van der Waals surface area contributed by atoms with E-state index in [1.807, 2.05) is 34.9 Å². The Bertz CT molecular complexity index is 261. The van der Waals surface area contributed by atoms with Gasteiger partial charge in [-0.1, -0.05) is 46.6 Å². The highest BCUT2D eigenvalue weighted by Gasteiger charge is 1.92. The molecule has 0 aliphatic rings. The molecule has 0 saturated heterocycles. The molecule has 160 valence electrons. The number of unbranched alkanes of at least 4 members (excludes halogenated alkanes) is 1. The van der Waals surface area contributed by atoms with Gasteiger partial charge in [0.05, 0.1) is 0 Å². The third-order valence-corrected chi connectivity index (χ3v) is 3.00. The average molecular weight is 375 g/mol. The molecule has 1 unspecified atom stereocenters. The molecule has 0 spiro atoms. The van der Waals surface area contributed by atoms with Crippen molar-refractivity contribution in [3.8, 4) is 0 Å². The van der Waals surface area contributed by atoms with E-state index < -0.39 is 0 Å². The molecule has 0 radical (unpaired) electrons. The number of rotatable bonds is 10. The second-order valence-electron chi connectivity index (χ2n) is 6.15. The van der Waals surface area contributed by atoms with E-state index in [2.05, 4.69) is 53.6 Å². The van der Waals surface area contributed by atoms with Crippen molar-refractivity contribution in [3.05, 3.63) is 12.3 Å². The van der Waals surface area contributed by atoms with Crippen molar-refractivity contribution in [2.75, 3.05) is 40.8 Å². The number of hydrogen-bond acceptors (Lipinski definition) is 5. The first-order valence-electron chi connectivity index (χ1n) is 10.1. The van der Waals surface area contributed by atoms with Gasteiger partial charge in [-0.2, -0.15) is 5.48 Å². The first-order valence-corrected chi connectivity index (χ1v) is 10.1. The summed E-state index contributed by atoms with van der Waals surface area (Å²) in [6, 6.07) is 0. The van der Waals surface area contributed by atoms with Crippen molar-refractivity contribution >= 4 is 5.71 Å². The van der Waals surface area contributed by atoms with Crippen molar-refractivity contribution in [1.82, 2.24) is 16.1 Å². The molecule has 0 heterocycles. The molecule has 5 nitrogen and oxygen atoms in total. The van der Waals surface area contributed by atoms with Crippen LogP contribution in [0, 0.1) is 5.92 Å². The van der Waals surface area contributed by atoms with Gasteiger partial charge in [-0.15, -0.1) is 0 Å². The van der Waals surface area contributed by atoms with Crippen molar-refractivity contribution in [2.45, 2.75) is 74.1 Å². The Morgan fingerprint density at radius 3 is 1.81 bits per heavy atom. The maximum absolute atomic E-state index is 4.55. The Kier molecular flexibility index (Phi) is 44.4. The molecule has 3 N–H and O–H groups in total. The standard InChI is InChI=1S/C6H15N.C6H13N.C5H13N.C4H9NO/c1-4-6(2)5-7-3;1-4-5-7-6(2)3;1-3-4-5-6-2;1-3-4-6-5-2/h6-7H,4-5H2,1-3H3;4-5H2,1-3H3;6H,3-5H2,1-2H3;3-5H,1-2H3/b;;;4-3-. The third kappa shape index (κ3) is 56.8.